The summed E-state index contributed by atoms with van der Waals surface area (Å²) in [5.74, 6) is -0.709. The number of sulfonamides is 1. The van der Waals surface area contributed by atoms with Gasteiger partial charge in [0.15, 0.2) is 6.10 Å². The molecule has 0 aliphatic carbocycles. The molecule has 0 saturated heterocycles. The molecule has 1 atom stereocenters. The van der Waals surface area contributed by atoms with Crippen molar-refractivity contribution in [2.45, 2.75) is 11.0 Å². The number of nitro benzene ring substituents is 1. The van der Waals surface area contributed by atoms with Crippen molar-refractivity contribution in [3.63, 3.8) is 0 Å². The monoisotopic (exact) mass is 365 g/mol. The highest BCUT2D eigenvalue weighted by Gasteiger charge is 2.22. The molecule has 0 aliphatic heterocycles. The standard InChI is InChI=1S/C15H15N3O6S/c1-24-14(11-5-3-2-4-6-11)15(19)16-17-25(22,23)13-9-7-12(8-10-13)18(20)21/h2-10,14,17H,1H3,(H,16,19)/t14-/m0/s1. The number of methoxy groups -OCH3 is 1. The summed E-state index contributed by atoms with van der Waals surface area (Å²) >= 11 is 0. The zero-order chi connectivity index (χ0) is 18.4. The van der Waals surface area contributed by atoms with E-state index >= 15 is 0 Å². The molecule has 0 saturated carbocycles. The number of nitrogens with zero attached hydrogens (tertiary/aromatic N) is 1. The van der Waals surface area contributed by atoms with E-state index in [0.29, 0.717) is 5.56 Å². The second-order valence-corrected chi connectivity index (χ2v) is 6.55. The van der Waals surface area contributed by atoms with Gasteiger partial charge in [-0.25, -0.2) is 8.42 Å². The summed E-state index contributed by atoms with van der Waals surface area (Å²) < 4.78 is 29.3. The second kappa shape index (κ2) is 7.83. The molecule has 1 amide bonds. The third-order valence-corrected chi connectivity index (χ3v) is 4.51. The first-order chi connectivity index (χ1) is 11.8. The first-order valence-electron chi connectivity index (χ1n) is 6.99. The Hall–Kier alpha value is -2.82. The maximum Gasteiger partial charge on any atom is 0.269 e. The molecular formula is C15H15N3O6S. The molecule has 0 spiro atoms. The van der Waals surface area contributed by atoms with Gasteiger partial charge in [-0.2, -0.15) is 0 Å². The summed E-state index contributed by atoms with van der Waals surface area (Å²) in [5, 5.41) is 10.6. The van der Waals surface area contributed by atoms with Gasteiger partial charge in [0.25, 0.3) is 21.6 Å². The van der Waals surface area contributed by atoms with Gasteiger partial charge in [-0.3, -0.25) is 20.3 Å². The van der Waals surface area contributed by atoms with Crippen LogP contribution in [0.5, 0.6) is 0 Å². The van der Waals surface area contributed by atoms with E-state index in [2.05, 4.69) is 5.43 Å². The molecule has 9 nitrogen and oxygen atoms in total. The van der Waals surface area contributed by atoms with Gasteiger partial charge >= 0.3 is 0 Å². The largest absolute Gasteiger partial charge is 0.367 e. The summed E-state index contributed by atoms with van der Waals surface area (Å²) in [4.78, 5) is 23.8. The van der Waals surface area contributed by atoms with Crippen LogP contribution in [0.4, 0.5) is 5.69 Å². The number of hydrazine groups is 1. The summed E-state index contributed by atoms with van der Waals surface area (Å²) in [6, 6.07) is 12.8. The number of ether oxygens (including phenoxy) is 1. The van der Waals surface area contributed by atoms with Crippen molar-refractivity contribution in [3.8, 4) is 0 Å². The van der Waals surface area contributed by atoms with E-state index in [9.17, 15) is 23.3 Å². The fourth-order valence-corrected chi connectivity index (χ4v) is 2.86. The smallest absolute Gasteiger partial charge is 0.269 e. The summed E-state index contributed by atoms with van der Waals surface area (Å²) in [6.07, 6.45) is -0.999. The summed E-state index contributed by atoms with van der Waals surface area (Å²) in [5.41, 5.74) is 2.38. The number of rotatable bonds is 7. The second-order valence-electron chi connectivity index (χ2n) is 4.87. The van der Waals surface area contributed by atoms with Gasteiger partial charge in [0.05, 0.1) is 9.82 Å². The molecule has 2 N–H and O–H groups in total. The topological polar surface area (TPSA) is 128 Å². The van der Waals surface area contributed by atoms with E-state index in [1.54, 1.807) is 30.3 Å². The van der Waals surface area contributed by atoms with Crippen LogP contribution >= 0.6 is 0 Å². The molecule has 2 aromatic carbocycles. The van der Waals surface area contributed by atoms with Crippen LogP contribution in [0.15, 0.2) is 59.5 Å². The highest BCUT2D eigenvalue weighted by Crippen LogP contribution is 2.17. The van der Waals surface area contributed by atoms with Crippen LogP contribution in [0.1, 0.15) is 11.7 Å². The molecule has 0 unspecified atom stereocenters. The van der Waals surface area contributed by atoms with Crippen LogP contribution in [0.3, 0.4) is 0 Å². The Labute approximate surface area is 143 Å². The van der Waals surface area contributed by atoms with E-state index in [0.717, 1.165) is 24.3 Å². The molecule has 2 aromatic rings. The van der Waals surface area contributed by atoms with Gasteiger partial charge in [0.2, 0.25) is 0 Å². The van der Waals surface area contributed by atoms with E-state index in [-0.39, 0.29) is 10.6 Å². The van der Waals surface area contributed by atoms with Gasteiger partial charge in [-0.1, -0.05) is 30.3 Å². The average molecular weight is 365 g/mol. The molecule has 2 rings (SSSR count). The Balaban J connectivity index is 2.08. The van der Waals surface area contributed by atoms with Crippen LogP contribution < -0.4 is 10.3 Å². The average Bonchev–Trinajstić information content (AvgIpc) is 2.62. The van der Waals surface area contributed by atoms with Crippen molar-refractivity contribution >= 4 is 21.6 Å². The number of non-ortho nitro benzene ring substituents is 1. The van der Waals surface area contributed by atoms with Crippen molar-refractivity contribution in [3.05, 3.63) is 70.3 Å². The minimum atomic E-state index is -4.08. The quantitative estimate of drug-likeness (QED) is 0.562. The Morgan fingerprint density at radius 3 is 2.24 bits per heavy atom. The maximum absolute atomic E-state index is 12.1. The highest BCUT2D eigenvalue weighted by atomic mass is 32.2. The Bertz CT molecular complexity index is 853. The van der Waals surface area contributed by atoms with E-state index in [1.165, 1.54) is 7.11 Å². The predicted molar refractivity (Wildman–Crippen MR) is 87.8 cm³/mol. The molecule has 0 radical (unpaired) electrons. The lowest BCUT2D eigenvalue weighted by Gasteiger charge is -2.16. The van der Waals surface area contributed by atoms with Crippen molar-refractivity contribution in [1.82, 2.24) is 10.3 Å². The minimum absolute atomic E-state index is 0.230. The fourth-order valence-electron chi connectivity index (χ4n) is 2.01. The number of carbonyl (C=O) groups is 1. The molecule has 25 heavy (non-hydrogen) atoms. The van der Waals surface area contributed by atoms with Crippen LogP contribution in [-0.2, 0) is 19.6 Å². The molecular weight excluding hydrogens is 350 g/mol. The van der Waals surface area contributed by atoms with E-state index < -0.39 is 27.0 Å². The summed E-state index contributed by atoms with van der Waals surface area (Å²) in [6.45, 7) is 0. The number of benzene rings is 2. The number of nitro groups is 1. The number of amides is 1. The van der Waals surface area contributed by atoms with Crippen LogP contribution in [0, 0.1) is 10.1 Å². The van der Waals surface area contributed by atoms with Gasteiger partial charge in [0.1, 0.15) is 0 Å². The van der Waals surface area contributed by atoms with Gasteiger partial charge in [-0.05, 0) is 17.7 Å². The lowest BCUT2D eigenvalue weighted by molar-refractivity contribution is -0.384. The molecule has 0 aliphatic rings. The maximum atomic E-state index is 12.1. The molecule has 0 bridgehead atoms. The third kappa shape index (κ3) is 4.59. The number of carbonyl (C=O) groups excluding carboxylic acids is 1. The first-order valence-corrected chi connectivity index (χ1v) is 8.47. The fraction of sp³-hybridized carbons (Fsp3) is 0.133. The third-order valence-electron chi connectivity index (χ3n) is 3.24. The van der Waals surface area contributed by atoms with Crippen LogP contribution in [-0.4, -0.2) is 26.4 Å². The van der Waals surface area contributed by atoms with Crippen molar-refractivity contribution < 1.29 is 22.9 Å². The molecule has 0 aromatic heterocycles. The van der Waals surface area contributed by atoms with Gasteiger partial charge in [0, 0.05) is 19.2 Å². The number of hydrogen-bond donors (Lipinski definition) is 2. The van der Waals surface area contributed by atoms with E-state index in [1.807, 2.05) is 4.83 Å². The van der Waals surface area contributed by atoms with Crippen LogP contribution in [0.2, 0.25) is 0 Å². The molecule has 132 valence electrons. The Kier molecular flexibility index (Phi) is 5.80. The first kappa shape index (κ1) is 18.5. The van der Waals surface area contributed by atoms with Gasteiger partial charge in [-0.15, -0.1) is 4.83 Å². The molecule has 10 heteroatoms. The zero-order valence-corrected chi connectivity index (χ0v) is 13.9. The zero-order valence-electron chi connectivity index (χ0n) is 13.1. The number of nitrogens with one attached hydrogen (secondary N) is 2. The normalized spacial score (nSPS) is 12.4. The van der Waals surface area contributed by atoms with E-state index in [4.69, 9.17) is 4.74 Å². The highest BCUT2D eigenvalue weighted by molar-refractivity contribution is 7.89. The van der Waals surface area contributed by atoms with Crippen molar-refractivity contribution in [2.24, 2.45) is 0 Å². The minimum Gasteiger partial charge on any atom is -0.367 e. The molecule has 0 fully saturated rings. The lowest BCUT2D eigenvalue weighted by Crippen LogP contribution is -2.44. The SMILES string of the molecule is CO[C@H](C(=O)NNS(=O)(=O)c1ccc([N+](=O)[O-])cc1)c1ccccc1. The van der Waals surface area contributed by atoms with Crippen molar-refractivity contribution in [1.29, 1.82) is 0 Å². The lowest BCUT2D eigenvalue weighted by atomic mass is 10.1. The Morgan fingerprint density at radius 1 is 1.12 bits per heavy atom. The predicted octanol–water partition coefficient (Wildman–Crippen LogP) is 1.29. The molecule has 0 heterocycles. The number of hydrogen-bond acceptors (Lipinski definition) is 6. The van der Waals surface area contributed by atoms with Crippen LogP contribution in [0.25, 0.3) is 0 Å². The summed E-state index contributed by atoms with van der Waals surface area (Å²) in [7, 11) is -2.76. The Morgan fingerprint density at radius 2 is 1.72 bits per heavy atom. The van der Waals surface area contributed by atoms with Gasteiger partial charge < -0.3 is 4.74 Å². The van der Waals surface area contributed by atoms with Crippen molar-refractivity contribution in [2.75, 3.05) is 7.11 Å².